The molecule has 0 aromatic heterocycles. The molecule has 0 bridgehead atoms. The summed E-state index contributed by atoms with van der Waals surface area (Å²) in [6.07, 6.45) is 0.353. The summed E-state index contributed by atoms with van der Waals surface area (Å²) in [5.41, 5.74) is 0.230. The predicted molar refractivity (Wildman–Crippen MR) is 73.1 cm³/mol. The highest BCUT2D eigenvalue weighted by Gasteiger charge is 2.45. The van der Waals surface area contributed by atoms with Crippen LogP contribution in [0.4, 0.5) is 0 Å². The zero-order chi connectivity index (χ0) is 14.0. The fourth-order valence-corrected chi connectivity index (χ4v) is 2.23. The standard InChI is InChI=1S/C15H21NO3/c1-11(2)15(18)9-16(10-15)14(17)8-12-5-4-6-13(7-12)19-3/h4-7,11,18H,8-10H2,1-3H3. The van der Waals surface area contributed by atoms with E-state index in [9.17, 15) is 9.90 Å². The van der Waals surface area contributed by atoms with Crippen molar-refractivity contribution in [3.63, 3.8) is 0 Å². The lowest BCUT2D eigenvalue weighted by molar-refractivity contribution is -0.163. The Morgan fingerprint density at radius 2 is 2.16 bits per heavy atom. The van der Waals surface area contributed by atoms with Gasteiger partial charge >= 0.3 is 0 Å². The maximum absolute atomic E-state index is 12.1. The first kappa shape index (κ1) is 13.9. The first-order chi connectivity index (χ1) is 8.94. The van der Waals surface area contributed by atoms with Crippen molar-refractivity contribution in [2.24, 2.45) is 5.92 Å². The number of nitrogens with zero attached hydrogens (tertiary/aromatic N) is 1. The number of carbonyl (C=O) groups is 1. The first-order valence-electron chi connectivity index (χ1n) is 6.58. The van der Waals surface area contributed by atoms with Gasteiger partial charge in [0.2, 0.25) is 5.91 Å². The number of β-amino-alcohol motifs (C(OH)–C–C–N with tert-alkyl or cyclic N) is 1. The molecule has 0 radical (unpaired) electrons. The molecule has 1 aliphatic heterocycles. The maximum atomic E-state index is 12.1. The maximum Gasteiger partial charge on any atom is 0.227 e. The molecule has 1 fully saturated rings. The summed E-state index contributed by atoms with van der Waals surface area (Å²) in [5.74, 6) is 0.986. The number of rotatable bonds is 4. The third-order valence-electron chi connectivity index (χ3n) is 3.85. The van der Waals surface area contributed by atoms with E-state index < -0.39 is 5.60 Å². The topological polar surface area (TPSA) is 49.8 Å². The van der Waals surface area contributed by atoms with Gasteiger partial charge in [-0.3, -0.25) is 4.79 Å². The average molecular weight is 263 g/mol. The van der Waals surface area contributed by atoms with Crippen molar-refractivity contribution in [1.82, 2.24) is 4.90 Å². The summed E-state index contributed by atoms with van der Waals surface area (Å²) in [7, 11) is 1.61. The highest BCUT2D eigenvalue weighted by Crippen LogP contribution is 2.29. The molecule has 1 amide bonds. The molecule has 4 nitrogen and oxygen atoms in total. The Kier molecular flexibility index (Phi) is 3.80. The molecule has 1 saturated heterocycles. The second kappa shape index (κ2) is 5.21. The number of hydrogen-bond acceptors (Lipinski definition) is 3. The lowest BCUT2D eigenvalue weighted by Gasteiger charge is -2.49. The molecule has 0 aliphatic carbocycles. The number of hydrogen-bond donors (Lipinski definition) is 1. The smallest absolute Gasteiger partial charge is 0.227 e. The van der Waals surface area contributed by atoms with E-state index in [1.165, 1.54) is 0 Å². The Hall–Kier alpha value is -1.55. The second-order valence-corrected chi connectivity index (χ2v) is 5.54. The van der Waals surface area contributed by atoms with Crippen LogP contribution in [0.5, 0.6) is 5.75 Å². The predicted octanol–water partition coefficient (Wildman–Crippen LogP) is 1.47. The summed E-state index contributed by atoms with van der Waals surface area (Å²) in [6, 6.07) is 7.51. The van der Waals surface area contributed by atoms with Crippen molar-refractivity contribution in [1.29, 1.82) is 0 Å². The van der Waals surface area contributed by atoms with Gasteiger partial charge in [-0.15, -0.1) is 0 Å². The molecule has 2 rings (SSSR count). The van der Waals surface area contributed by atoms with Crippen molar-refractivity contribution in [2.75, 3.05) is 20.2 Å². The molecule has 4 heteroatoms. The molecule has 0 atom stereocenters. The summed E-state index contributed by atoms with van der Waals surface area (Å²) < 4.78 is 5.14. The van der Waals surface area contributed by atoms with Gasteiger partial charge in [-0.2, -0.15) is 0 Å². The highest BCUT2D eigenvalue weighted by molar-refractivity contribution is 5.80. The molecule has 104 valence electrons. The number of benzene rings is 1. The van der Waals surface area contributed by atoms with E-state index in [1.54, 1.807) is 12.0 Å². The van der Waals surface area contributed by atoms with Crippen LogP contribution in [-0.4, -0.2) is 41.7 Å². The van der Waals surface area contributed by atoms with Gasteiger partial charge < -0.3 is 14.7 Å². The fraction of sp³-hybridized carbons (Fsp3) is 0.533. The minimum Gasteiger partial charge on any atom is -0.497 e. The van der Waals surface area contributed by atoms with E-state index >= 15 is 0 Å². The lowest BCUT2D eigenvalue weighted by atomic mass is 9.83. The normalized spacial score (nSPS) is 17.2. The summed E-state index contributed by atoms with van der Waals surface area (Å²) in [5, 5.41) is 10.1. The van der Waals surface area contributed by atoms with Crippen LogP contribution in [0.3, 0.4) is 0 Å². The Morgan fingerprint density at radius 1 is 1.47 bits per heavy atom. The second-order valence-electron chi connectivity index (χ2n) is 5.54. The number of amides is 1. The molecular formula is C15H21NO3. The SMILES string of the molecule is COc1cccc(CC(=O)N2CC(O)(C(C)C)C2)c1. The number of aliphatic hydroxyl groups is 1. The third-order valence-corrected chi connectivity index (χ3v) is 3.85. The summed E-state index contributed by atoms with van der Waals surface area (Å²) >= 11 is 0. The van der Waals surface area contributed by atoms with Crippen LogP contribution in [0.25, 0.3) is 0 Å². The van der Waals surface area contributed by atoms with Gasteiger partial charge in [0.05, 0.1) is 26.6 Å². The van der Waals surface area contributed by atoms with Gasteiger partial charge in [-0.25, -0.2) is 0 Å². The van der Waals surface area contributed by atoms with Gasteiger partial charge in [-0.05, 0) is 23.6 Å². The van der Waals surface area contributed by atoms with Gasteiger partial charge in [0, 0.05) is 0 Å². The number of likely N-dealkylation sites (tertiary alicyclic amines) is 1. The van der Waals surface area contributed by atoms with E-state index in [0.29, 0.717) is 19.5 Å². The van der Waals surface area contributed by atoms with Crippen LogP contribution in [0, 0.1) is 5.92 Å². The summed E-state index contributed by atoms with van der Waals surface area (Å²) in [4.78, 5) is 13.8. The average Bonchev–Trinajstić information content (AvgIpc) is 2.34. The molecule has 0 saturated carbocycles. The van der Waals surface area contributed by atoms with Crippen LogP contribution in [0.1, 0.15) is 19.4 Å². The monoisotopic (exact) mass is 263 g/mol. The van der Waals surface area contributed by atoms with Crippen molar-refractivity contribution in [3.05, 3.63) is 29.8 Å². The molecule has 1 N–H and O–H groups in total. The largest absolute Gasteiger partial charge is 0.497 e. The lowest BCUT2D eigenvalue weighted by Crippen LogP contribution is -2.66. The van der Waals surface area contributed by atoms with Crippen molar-refractivity contribution >= 4 is 5.91 Å². The molecule has 19 heavy (non-hydrogen) atoms. The highest BCUT2D eigenvalue weighted by atomic mass is 16.5. The van der Waals surface area contributed by atoms with Crippen molar-refractivity contribution in [2.45, 2.75) is 25.9 Å². The zero-order valence-electron chi connectivity index (χ0n) is 11.7. The summed E-state index contributed by atoms with van der Waals surface area (Å²) in [6.45, 7) is 4.83. The number of carbonyl (C=O) groups excluding carboxylic acids is 1. The van der Waals surface area contributed by atoms with Gasteiger partial charge in [0.15, 0.2) is 0 Å². The Balaban J connectivity index is 1.92. The molecular weight excluding hydrogens is 242 g/mol. The van der Waals surface area contributed by atoms with E-state index in [2.05, 4.69) is 0 Å². The Labute approximate surface area is 114 Å². The Morgan fingerprint density at radius 3 is 2.74 bits per heavy atom. The fourth-order valence-electron chi connectivity index (χ4n) is 2.23. The van der Waals surface area contributed by atoms with E-state index in [-0.39, 0.29) is 11.8 Å². The molecule has 1 aromatic carbocycles. The molecule has 1 aromatic rings. The molecule has 1 heterocycles. The van der Waals surface area contributed by atoms with Crippen LogP contribution >= 0.6 is 0 Å². The number of methoxy groups -OCH3 is 1. The number of ether oxygens (including phenoxy) is 1. The minimum absolute atomic E-state index is 0.0542. The van der Waals surface area contributed by atoms with Crippen molar-refractivity contribution in [3.8, 4) is 5.75 Å². The van der Waals surface area contributed by atoms with Crippen LogP contribution in [0.2, 0.25) is 0 Å². The van der Waals surface area contributed by atoms with Crippen LogP contribution < -0.4 is 4.74 Å². The van der Waals surface area contributed by atoms with E-state index in [0.717, 1.165) is 11.3 Å². The third kappa shape index (κ3) is 2.89. The Bertz CT molecular complexity index is 464. The van der Waals surface area contributed by atoms with Gasteiger partial charge in [-0.1, -0.05) is 26.0 Å². The van der Waals surface area contributed by atoms with Crippen molar-refractivity contribution < 1.29 is 14.6 Å². The van der Waals surface area contributed by atoms with Gasteiger partial charge in [0.1, 0.15) is 11.4 Å². The quantitative estimate of drug-likeness (QED) is 0.895. The zero-order valence-corrected chi connectivity index (χ0v) is 11.7. The van der Waals surface area contributed by atoms with E-state index in [4.69, 9.17) is 4.74 Å². The molecule has 0 spiro atoms. The van der Waals surface area contributed by atoms with Crippen LogP contribution in [-0.2, 0) is 11.2 Å². The molecule has 1 aliphatic rings. The van der Waals surface area contributed by atoms with Crippen LogP contribution in [0.15, 0.2) is 24.3 Å². The van der Waals surface area contributed by atoms with Gasteiger partial charge in [0.25, 0.3) is 0 Å². The van der Waals surface area contributed by atoms with E-state index in [1.807, 2.05) is 38.1 Å². The molecule has 0 unspecified atom stereocenters. The first-order valence-corrected chi connectivity index (χ1v) is 6.58. The minimum atomic E-state index is -0.704.